The molecule has 0 N–H and O–H groups in total. The van der Waals surface area contributed by atoms with Crippen molar-refractivity contribution in [2.45, 2.75) is 13.8 Å². The third kappa shape index (κ3) is 5.23. The minimum atomic E-state index is 0. The lowest BCUT2D eigenvalue weighted by Crippen LogP contribution is -2.24. The lowest BCUT2D eigenvalue weighted by molar-refractivity contribution is 0.482. The molecule has 0 aromatic heterocycles. The molecule has 0 bridgehead atoms. The normalized spacial score (nSPS) is 7.89. The molecule has 0 fully saturated rings. The molecule has 0 radical (unpaired) electrons. The molecule has 9 heavy (non-hydrogen) atoms. The standard InChI is InChI=1S/C5H11NS2.Al.3H/c1-3-6(4-2)5(7)8;;;;/h3-4H2,1-2H3,(H,7,8);;;;. The van der Waals surface area contributed by atoms with Gasteiger partial charge in [0.25, 0.3) is 0 Å². The second-order valence-corrected chi connectivity index (χ2v) is 2.57. The van der Waals surface area contributed by atoms with Gasteiger partial charge in [-0.3, -0.25) is 0 Å². The van der Waals surface area contributed by atoms with Crippen molar-refractivity contribution in [2.75, 3.05) is 13.1 Å². The molecule has 0 saturated heterocycles. The Morgan fingerprint density at radius 3 is 1.78 bits per heavy atom. The van der Waals surface area contributed by atoms with Crippen molar-refractivity contribution in [1.29, 1.82) is 0 Å². The number of rotatable bonds is 2. The van der Waals surface area contributed by atoms with E-state index in [0.717, 1.165) is 13.1 Å². The molecule has 0 atom stereocenters. The monoisotopic (exact) mass is 179 g/mol. The van der Waals surface area contributed by atoms with Gasteiger partial charge in [-0.2, -0.15) is 0 Å². The van der Waals surface area contributed by atoms with E-state index >= 15 is 0 Å². The Morgan fingerprint density at radius 2 is 1.78 bits per heavy atom. The summed E-state index contributed by atoms with van der Waals surface area (Å²) >= 11 is 8.82. The van der Waals surface area contributed by atoms with Crippen molar-refractivity contribution >= 4 is 46.5 Å². The first-order valence-electron chi connectivity index (χ1n) is 2.70. The molecule has 4 heteroatoms. The van der Waals surface area contributed by atoms with Crippen LogP contribution in [-0.4, -0.2) is 39.7 Å². The van der Waals surface area contributed by atoms with Gasteiger partial charge in [0, 0.05) is 13.1 Å². The number of thiol groups is 1. The van der Waals surface area contributed by atoms with Crippen LogP contribution in [-0.2, 0) is 0 Å². The van der Waals surface area contributed by atoms with Crippen LogP contribution in [0.25, 0.3) is 0 Å². The van der Waals surface area contributed by atoms with Crippen LogP contribution >= 0.6 is 24.8 Å². The van der Waals surface area contributed by atoms with Crippen LogP contribution in [0, 0.1) is 0 Å². The van der Waals surface area contributed by atoms with Crippen LogP contribution in [0.15, 0.2) is 0 Å². The van der Waals surface area contributed by atoms with Crippen LogP contribution in [0.5, 0.6) is 0 Å². The van der Waals surface area contributed by atoms with E-state index in [9.17, 15) is 0 Å². The van der Waals surface area contributed by atoms with E-state index in [0.29, 0.717) is 4.32 Å². The molecule has 0 rings (SSSR count). The summed E-state index contributed by atoms with van der Waals surface area (Å²) in [6, 6.07) is 0. The largest absolute Gasteiger partial charge is 0.358 e. The molecule has 0 unspecified atom stereocenters. The molecule has 0 heterocycles. The van der Waals surface area contributed by atoms with Gasteiger partial charge < -0.3 is 4.90 Å². The van der Waals surface area contributed by atoms with Crippen molar-refractivity contribution in [3.8, 4) is 0 Å². The number of hydrogen-bond donors (Lipinski definition) is 1. The molecule has 0 aliphatic carbocycles. The van der Waals surface area contributed by atoms with Crippen LogP contribution in [0.4, 0.5) is 0 Å². The Labute approximate surface area is 78.3 Å². The van der Waals surface area contributed by atoms with E-state index < -0.39 is 0 Å². The Bertz CT molecular complexity index is 83.0. The molecule has 1 nitrogen and oxygen atoms in total. The van der Waals surface area contributed by atoms with Gasteiger partial charge in [-0.05, 0) is 13.8 Å². The van der Waals surface area contributed by atoms with Gasteiger partial charge in [-0.25, -0.2) is 0 Å². The topological polar surface area (TPSA) is 3.24 Å². The Morgan fingerprint density at radius 1 is 1.44 bits per heavy atom. The minimum Gasteiger partial charge on any atom is -0.358 e. The predicted octanol–water partition coefficient (Wildman–Crippen LogP) is 0.359. The molecule has 0 aromatic rings. The smallest absolute Gasteiger partial charge is 0.187 e. The van der Waals surface area contributed by atoms with Crippen molar-refractivity contribution in [3.63, 3.8) is 0 Å². The number of hydrogen-bond acceptors (Lipinski definition) is 1. The highest BCUT2D eigenvalue weighted by molar-refractivity contribution is 8.10. The van der Waals surface area contributed by atoms with Gasteiger partial charge in [0.15, 0.2) is 17.4 Å². The van der Waals surface area contributed by atoms with Crippen LogP contribution < -0.4 is 0 Å². The fourth-order valence-corrected chi connectivity index (χ4v) is 1.04. The molecule has 0 saturated carbocycles. The maximum absolute atomic E-state index is 4.81. The molecule has 0 aromatic carbocycles. The quantitative estimate of drug-likeness (QED) is 0.370. The van der Waals surface area contributed by atoms with Crippen molar-refractivity contribution in [2.24, 2.45) is 0 Å². The Hall–Kier alpha value is 0.772. The van der Waals surface area contributed by atoms with Gasteiger partial charge in [0.1, 0.15) is 4.32 Å². The number of nitrogens with zero attached hydrogens (tertiary/aromatic N) is 1. The zero-order valence-corrected chi connectivity index (χ0v) is 6.93. The predicted molar refractivity (Wildman–Crippen MR) is 54.4 cm³/mol. The van der Waals surface area contributed by atoms with E-state index in [2.05, 4.69) is 26.5 Å². The van der Waals surface area contributed by atoms with Gasteiger partial charge in [-0.15, -0.1) is 12.6 Å². The van der Waals surface area contributed by atoms with Gasteiger partial charge in [0.05, 0.1) is 0 Å². The van der Waals surface area contributed by atoms with E-state index in [4.69, 9.17) is 12.2 Å². The summed E-state index contributed by atoms with van der Waals surface area (Å²) in [5.74, 6) is 0. The van der Waals surface area contributed by atoms with E-state index in [-0.39, 0.29) is 17.4 Å². The lowest BCUT2D eigenvalue weighted by atomic mass is 10.6. The summed E-state index contributed by atoms with van der Waals surface area (Å²) in [4.78, 5) is 2.01. The molecule has 54 valence electrons. The summed E-state index contributed by atoms with van der Waals surface area (Å²) < 4.78 is 0.690. The summed E-state index contributed by atoms with van der Waals surface area (Å²) in [5, 5.41) is 0. The fourth-order valence-electron chi connectivity index (χ4n) is 0.494. The van der Waals surface area contributed by atoms with Crippen molar-refractivity contribution in [1.82, 2.24) is 4.90 Å². The van der Waals surface area contributed by atoms with Crippen molar-refractivity contribution in [3.05, 3.63) is 0 Å². The lowest BCUT2D eigenvalue weighted by Gasteiger charge is -2.16. The molecule has 0 spiro atoms. The fraction of sp³-hybridized carbons (Fsp3) is 0.800. The summed E-state index contributed by atoms with van der Waals surface area (Å²) in [6.45, 7) is 6.04. The van der Waals surface area contributed by atoms with Gasteiger partial charge in [-0.1, -0.05) is 12.2 Å². The first-order valence-corrected chi connectivity index (χ1v) is 3.55. The van der Waals surface area contributed by atoms with E-state index in [1.807, 2.05) is 4.90 Å². The average Bonchev–Trinajstić information content (AvgIpc) is 1.69. The molecule has 0 aliphatic rings. The van der Waals surface area contributed by atoms with E-state index in [1.165, 1.54) is 0 Å². The van der Waals surface area contributed by atoms with Crippen molar-refractivity contribution < 1.29 is 0 Å². The third-order valence-corrected chi connectivity index (χ3v) is 1.58. The molecular weight excluding hydrogens is 165 g/mol. The summed E-state index contributed by atoms with van der Waals surface area (Å²) in [6.07, 6.45) is 0. The molecule has 0 amide bonds. The second-order valence-electron chi connectivity index (χ2n) is 1.45. The van der Waals surface area contributed by atoms with Gasteiger partial charge >= 0.3 is 0 Å². The average molecular weight is 179 g/mol. The Balaban J connectivity index is 0. The Kier molecular flexibility index (Phi) is 9.53. The zero-order valence-electron chi connectivity index (χ0n) is 5.22. The first kappa shape index (κ1) is 12.4. The minimum absolute atomic E-state index is 0. The molecular formula is C5H14AlNS2. The molecule has 0 aliphatic heterocycles. The number of thiocarbonyl (C=S) groups is 1. The summed E-state index contributed by atoms with van der Waals surface area (Å²) in [7, 11) is 0. The van der Waals surface area contributed by atoms with Crippen LogP contribution in [0.3, 0.4) is 0 Å². The van der Waals surface area contributed by atoms with Gasteiger partial charge in [0.2, 0.25) is 0 Å². The first-order chi connectivity index (χ1) is 3.72. The zero-order chi connectivity index (χ0) is 6.57. The van der Waals surface area contributed by atoms with E-state index in [1.54, 1.807) is 0 Å². The summed E-state index contributed by atoms with van der Waals surface area (Å²) in [5.41, 5.74) is 0. The third-order valence-electron chi connectivity index (χ3n) is 1.03. The van der Waals surface area contributed by atoms with Crippen LogP contribution in [0.2, 0.25) is 0 Å². The maximum Gasteiger partial charge on any atom is 0.187 e. The second kappa shape index (κ2) is 6.89. The SMILES string of the molecule is CCN(CC)C(=S)S.[AlH3]. The highest BCUT2D eigenvalue weighted by atomic mass is 32.1. The van der Waals surface area contributed by atoms with Crippen LogP contribution in [0.1, 0.15) is 13.8 Å². The maximum atomic E-state index is 4.81. The highest BCUT2D eigenvalue weighted by Crippen LogP contribution is 1.93. The highest BCUT2D eigenvalue weighted by Gasteiger charge is 1.96.